The van der Waals surface area contributed by atoms with Crippen LogP contribution in [0.2, 0.25) is 0 Å². The van der Waals surface area contributed by atoms with E-state index in [1.54, 1.807) is 6.92 Å². The monoisotopic (exact) mass is 447 g/mol. The molecular weight excluding hydrogens is 410 g/mol. The highest BCUT2D eigenvalue weighted by atomic mass is 32.1. The third-order valence-electron chi connectivity index (χ3n) is 5.66. The van der Waals surface area contributed by atoms with Crippen LogP contribution in [0.4, 0.5) is 0 Å². The van der Waals surface area contributed by atoms with Gasteiger partial charge in [0.15, 0.2) is 0 Å². The van der Waals surface area contributed by atoms with E-state index < -0.39 is 5.97 Å². The van der Waals surface area contributed by atoms with Crippen molar-refractivity contribution in [2.45, 2.75) is 79.7 Å². The number of ether oxygens (including phenoxy) is 1. The Bertz CT molecular complexity index is 856. The topological polar surface area (TPSA) is 73.2 Å². The lowest BCUT2D eigenvalue weighted by Crippen LogP contribution is -2.29. The summed E-state index contributed by atoms with van der Waals surface area (Å²) in [5, 5.41) is 5.35. The van der Waals surface area contributed by atoms with Crippen LogP contribution >= 0.6 is 11.3 Å². The predicted octanol–water partition coefficient (Wildman–Crippen LogP) is 5.84. The van der Waals surface area contributed by atoms with Gasteiger partial charge in [0.2, 0.25) is 5.01 Å². The molecule has 1 N–H and O–H groups in total. The van der Waals surface area contributed by atoms with Gasteiger partial charge in [0.25, 0.3) is 5.91 Å². The van der Waals surface area contributed by atoms with E-state index >= 15 is 0 Å². The average Bonchev–Trinajstić information content (AvgIpc) is 3.37. The van der Waals surface area contributed by atoms with Gasteiger partial charge in [0.05, 0.1) is 23.6 Å². The molecule has 0 aliphatic heterocycles. The molecule has 2 heterocycles. The fourth-order valence-electron chi connectivity index (χ4n) is 3.65. The van der Waals surface area contributed by atoms with Crippen molar-refractivity contribution in [3.63, 3.8) is 0 Å². The summed E-state index contributed by atoms with van der Waals surface area (Å²) in [6.07, 6.45) is 6.64. The molecule has 2 aromatic rings. The zero-order chi connectivity index (χ0) is 22.8. The number of carbonyl (C=O) groups excluding carboxylic acids is 2. The Hall–Kier alpha value is -2.15. The molecule has 1 atom stereocenters. The molecule has 1 unspecified atom stereocenters. The van der Waals surface area contributed by atoms with Gasteiger partial charge < -0.3 is 14.6 Å². The summed E-state index contributed by atoms with van der Waals surface area (Å²) in [6.45, 7) is 12.1. The Balaban J connectivity index is 2.26. The smallest absolute Gasteiger partial charge is 0.367 e. The number of hydrogen-bond donors (Lipinski definition) is 1. The Morgan fingerprint density at radius 2 is 1.94 bits per heavy atom. The number of amides is 1. The van der Waals surface area contributed by atoms with Crippen molar-refractivity contribution in [2.75, 3.05) is 13.2 Å². The van der Waals surface area contributed by atoms with Crippen LogP contribution in [-0.2, 0) is 11.3 Å². The third kappa shape index (κ3) is 6.66. The van der Waals surface area contributed by atoms with Crippen molar-refractivity contribution < 1.29 is 14.3 Å². The predicted molar refractivity (Wildman–Crippen MR) is 127 cm³/mol. The van der Waals surface area contributed by atoms with E-state index in [1.165, 1.54) is 24.2 Å². The fraction of sp³-hybridized carbons (Fsp3) is 0.625. The molecule has 31 heavy (non-hydrogen) atoms. The van der Waals surface area contributed by atoms with Gasteiger partial charge in [-0.25, -0.2) is 9.78 Å². The lowest BCUT2D eigenvalue weighted by Gasteiger charge is -2.15. The van der Waals surface area contributed by atoms with Crippen molar-refractivity contribution in [1.29, 1.82) is 0 Å². The number of nitrogens with zero attached hydrogens (tertiary/aromatic N) is 2. The van der Waals surface area contributed by atoms with E-state index in [0.717, 1.165) is 43.6 Å². The minimum Gasteiger partial charge on any atom is -0.461 e. The molecule has 2 rings (SSSR count). The molecule has 0 saturated heterocycles. The van der Waals surface area contributed by atoms with E-state index in [-0.39, 0.29) is 5.91 Å². The number of thiazole rings is 1. The minimum absolute atomic E-state index is 0.0372. The van der Waals surface area contributed by atoms with E-state index in [0.29, 0.717) is 35.3 Å². The van der Waals surface area contributed by atoms with Crippen LogP contribution < -0.4 is 5.32 Å². The quantitative estimate of drug-likeness (QED) is 0.391. The maximum atomic E-state index is 13.0. The van der Waals surface area contributed by atoms with E-state index in [9.17, 15) is 9.59 Å². The van der Waals surface area contributed by atoms with Crippen LogP contribution in [0.5, 0.6) is 0 Å². The first-order valence-electron chi connectivity index (χ1n) is 11.6. The first-order valence-corrected chi connectivity index (χ1v) is 12.5. The molecular formula is C24H37N3O3S. The largest absolute Gasteiger partial charge is 0.461 e. The number of hydrogen-bond acceptors (Lipinski definition) is 5. The summed E-state index contributed by atoms with van der Waals surface area (Å²) >= 11 is 1.27. The number of carbonyl (C=O) groups is 2. The van der Waals surface area contributed by atoms with Crippen LogP contribution in [-0.4, -0.2) is 34.6 Å². The summed E-state index contributed by atoms with van der Waals surface area (Å²) in [5.41, 5.74) is 3.21. The maximum Gasteiger partial charge on any atom is 0.367 e. The van der Waals surface area contributed by atoms with Crippen molar-refractivity contribution in [1.82, 2.24) is 14.9 Å². The molecule has 7 heteroatoms. The van der Waals surface area contributed by atoms with Gasteiger partial charge in [-0.05, 0) is 38.7 Å². The van der Waals surface area contributed by atoms with Crippen molar-refractivity contribution >= 4 is 23.2 Å². The van der Waals surface area contributed by atoms with Gasteiger partial charge in [-0.3, -0.25) is 4.79 Å². The summed E-state index contributed by atoms with van der Waals surface area (Å²) in [7, 11) is 0. The van der Waals surface area contributed by atoms with Crippen LogP contribution in [0.25, 0.3) is 11.4 Å². The zero-order valence-corrected chi connectivity index (χ0v) is 20.4. The molecule has 0 aliphatic carbocycles. The number of rotatable bonds is 13. The SMILES string of the molecule is CCCCC(CC)CNC(=O)c1cc(-c2csc(C(=O)OCC)n2)n(CCCC)c1C. The summed E-state index contributed by atoms with van der Waals surface area (Å²) in [6, 6.07) is 1.91. The van der Waals surface area contributed by atoms with Crippen LogP contribution in [0.15, 0.2) is 11.4 Å². The number of esters is 1. The van der Waals surface area contributed by atoms with Gasteiger partial charge in [-0.15, -0.1) is 11.3 Å². The highest BCUT2D eigenvalue weighted by Crippen LogP contribution is 2.28. The second-order valence-corrected chi connectivity index (χ2v) is 8.78. The van der Waals surface area contributed by atoms with Crippen molar-refractivity contribution in [3.8, 4) is 11.4 Å². The highest BCUT2D eigenvalue weighted by molar-refractivity contribution is 7.11. The first-order chi connectivity index (χ1) is 15.0. The molecule has 1 amide bonds. The molecule has 0 aromatic carbocycles. The van der Waals surface area contributed by atoms with Crippen LogP contribution in [0, 0.1) is 12.8 Å². The average molecular weight is 448 g/mol. The maximum absolute atomic E-state index is 13.0. The number of aromatic nitrogens is 2. The lowest BCUT2D eigenvalue weighted by atomic mass is 9.99. The summed E-state index contributed by atoms with van der Waals surface area (Å²) in [5.74, 6) is 0.0686. The van der Waals surface area contributed by atoms with Gasteiger partial charge >= 0.3 is 5.97 Å². The molecule has 0 fully saturated rings. The first kappa shape index (κ1) is 25.1. The Labute approximate surface area is 190 Å². The molecule has 2 aromatic heterocycles. The van der Waals surface area contributed by atoms with Gasteiger partial charge in [-0.2, -0.15) is 0 Å². The fourth-order valence-corrected chi connectivity index (χ4v) is 4.35. The number of nitrogens with one attached hydrogen (secondary N) is 1. The standard InChI is InChI=1S/C24H37N3O3S/c1-6-10-12-18(8-3)15-25-22(28)19-14-21(27(17(19)5)13-11-7-2)20-16-31-23(26-20)24(29)30-9-4/h14,16,18H,6-13,15H2,1-5H3,(H,25,28). The van der Waals surface area contributed by atoms with E-state index in [4.69, 9.17) is 4.74 Å². The zero-order valence-electron chi connectivity index (χ0n) is 19.6. The van der Waals surface area contributed by atoms with Gasteiger partial charge in [-0.1, -0.05) is 46.5 Å². The van der Waals surface area contributed by atoms with E-state index in [1.807, 2.05) is 18.4 Å². The molecule has 6 nitrogen and oxygen atoms in total. The highest BCUT2D eigenvalue weighted by Gasteiger charge is 2.22. The Morgan fingerprint density at radius 1 is 1.19 bits per heavy atom. The third-order valence-corrected chi connectivity index (χ3v) is 6.48. The Morgan fingerprint density at radius 3 is 2.58 bits per heavy atom. The minimum atomic E-state index is -0.405. The summed E-state index contributed by atoms with van der Waals surface area (Å²) < 4.78 is 7.22. The molecule has 0 spiro atoms. The summed E-state index contributed by atoms with van der Waals surface area (Å²) in [4.78, 5) is 29.5. The molecule has 0 saturated carbocycles. The van der Waals surface area contributed by atoms with Crippen LogP contribution in [0.3, 0.4) is 0 Å². The molecule has 0 radical (unpaired) electrons. The van der Waals surface area contributed by atoms with Gasteiger partial charge in [0.1, 0.15) is 0 Å². The van der Waals surface area contributed by atoms with E-state index in [2.05, 4.69) is 35.6 Å². The Kier molecular flexibility index (Phi) is 10.2. The normalized spacial score (nSPS) is 12.0. The number of unbranched alkanes of at least 4 members (excludes halogenated alkanes) is 2. The van der Waals surface area contributed by atoms with Crippen LogP contribution in [0.1, 0.15) is 92.1 Å². The van der Waals surface area contributed by atoms with Crippen molar-refractivity contribution in [2.24, 2.45) is 5.92 Å². The molecule has 172 valence electrons. The van der Waals surface area contributed by atoms with Gasteiger partial charge in [0, 0.05) is 24.2 Å². The second kappa shape index (κ2) is 12.6. The second-order valence-electron chi connectivity index (χ2n) is 7.92. The molecule has 0 aliphatic rings. The molecule has 0 bridgehead atoms. The van der Waals surface area contributed by atoms with Crippen molar-refractivity contribution in [3.05, 3.63) is 27.7 Å². The lowest BCUT2D eigenvalue weighted by molar-refractivity contribution is 0.0526.